The summed E-state index contributed by atoms with van der Waals surface area (Å²) >= 11 is 0. The van der Waals surface area contributed by atoms with E-state index in [0.29, 0.717) is 5.84 Å². The van der Waals surface area contributed by atoms with Gasteiger partial charge in [-0.2, -0.15) is 0 Å². The standard InChI is InChI=1S/C22H17N3.C22H18N2.H3N/c23-21(19-13-5-9-15-7-1-3-11-17(15)19)25-22(24)20-14-6-10-16-8-2-4-12-18(16)20;1-15-10-12-17(14-23-15)24-20-9-5-4-8-19(20)22-18-7-3-2-6-16(18)11-13-21(22)24;/h1-14H,(H3,23,24,25);2,4-6,8-14H,3,7H2,1H3;1H3. The van der Waals surface area contributed by atoms with Gasteiger partial charge in [-0.05, 0) is 76.7 Å². The zero-order valence-electron chi connectivity index (χ0n) is 28.0. The van der Waals surface area contributed by atoms with Crippen molar-refractivity contribution in [2.75, 3.05) is 0 Å². The molecule has 1 aliphatic carbocycles. The van der Waals surface area contributed by atoms with Gasteiger partial charge in [-0.3, -0.25) is 10.4 Å². The number of para-hydroxylation sites is 1. The molecule has 2 aromatic heterocycles. The van der Waals surface area contributed by atoms with E-state index in [1.165, 1.54) is 32.9 Å². The van der Waals surface area contributed by atoms with Gasteiger partial charge >= 0.3 is 0 Å². The molecular weight excluding hydrogens is 613 g/mol. The Hall–Kier alpha value is -6.37. The van der Waals surface area contributed by atoms with Crippen molar-refractivity contribution in [2.45, 2.75) is 19.8 Å². The lowest BCUT2D eigenvalue weighted by Gasteiger charge is -2.13. The monoisotopic (exact) mass is 650 g/mol. The topological polar surface area (TPSA) is 115 Å². The summed E-state index contributed by atoms with van der Waals surface area (Å²) in [5.74, 6) is 0.525. The van der Waals surface area contributed by atoms with Crippen LogP contribution in [0.25, 0.3) is 55.1 Å². The molecule has 50 heavy (non-hydrogen) atoms. The van der Waals surface area contributed by atoms with Crippen LogP contribution in [0.5, 0.6) is 0 Å². The van der Waals surface area contributed by atoms with E-state index in [2.05, 4.69) is 75.2 Å². The van der Waals surface area contributed by atoms with E-state index < -0.39 is 0 Å². The fourth-order valence-corrected chi connectivity index (χ4v) is 7.00. The molecule has 0 spiro atoms. The van der Waals surface area contributed by atoms with E-state index in [4.69, 9.17) is 11.1 Å². The summed E-state index contributed by atoms with van der Waals surface area (Å²) in [7, 11) is 0. The number of hydrogen-bond acceptors (Lipinski definition) is 3. The van der Waals surface area contributed by atoms with Gasteiger partial charge in [0.25, 0.3) is 0 Å². The second-order valence-corrected chi connectivity index (χ2v) is 12.4. The molecule has 0 bridgehead atoms. The van der Waals surface area contributed by atoms with Crippen molar-refractivity contribution in [1.29, 1.82) is 5.41 Å². The van der Waals surface area contributed by atoms with Crippen LogP contribution in [0.1, 0.15) is 34.4 Å². The van der Waals surface area contributed by atoms with Crippen LogP contribution < -0.4 is 11.9 Å². The molecule has 9 rings (SSSR count). The van der Waals surface area contributed by atoms with E-state index in [9.17, 15) is 0 Å². The Morgan fingerprint density at radius 2 is 1.34 bits per heavy atom. The number of pyridine rings is 1. The first-order valence-corrected chi connectivity index (χ1v) is 16.6. The van der Waals surface area contributed by atoms with Crippen molar-refractivity contribution in [3.05, 3.63) is 174 Å². The summed E-state index contributed by atoms with van der Waals surface area (Å²) in [5, 5.41) is 15.4. The minimum absolute atomic E-state index is 0. The Morgan fingerprint density at radius 1 is 0.700 bits per heavy atom. The molecule has 0 saturated heterocycles. The number of hydrogen-bond donors (Lipinski definition) is 3. The number of aliphatic imine (C=N–C) groups is 1. The number of nitrogens with two attached hydrogens (primary N) is 1. The van der Waals surface area contributed by atoms with Gasteiger partial charge in [-0.15, -0.1) is 0 Å². The van der Waals surface area contributed by atoms with Crippen molar-refractivity contribution in [3.8, 4) is 5.69 Å². The lowest BCUT2D eigenvalue weighted by molar-refractivity contribution is 0.997. The molecule has 0 atom stereocenters. The first-order valence-electron chi connectivity index (χ1n) is 16.6. The zero-order valence-corrected chi connectivity index (χ0v) is 28.0. The van der Waals surface area contributed by atoms with E-state index in [0.717, 1.165) is 56.9 Å². The number of nitrogens with zero attached hydrogens (tertiary/aromatic N) is 3. The molecule has 0 saturated carbocycles. The zero-order chi connectivity index (χ0) is 33.3. The van der Waals surface area contributed by atoms with Gasteiger partial charge in [0, 0.05) is 27.6 Å². The van der Waals surface area contributed by atoms with Gasteiger partial charge < -0.3 is 16.5 Å². The first kappa shape index (κ1) is 32.2. The maximum absolute atomic E-state index is 8.43. The second-order valence-electron chi connectivity index (χ2n) is 12.4. The van der Waals surface area contributed by atoms with Gasteiger partial charge in [-0.25, -0.2) is 4.99 Å². The maximum atomic E-state index is 8.43. The third-order valence-corrected chi connectivity index (χ3v) is 9.34. The van der Waals surface area contributed by atoms with Gasteiger partial charge in [0.2, 0.25) is 0 Å². The molecule has 6 nitrogen and oxygen atoms in total. The number of aryl methyl sites for hydroxylation is 2. The van der Waals surface area contributed by atoms with E-state index in [-0.39, 0.29) is 12.0 Å². The molecule has 244 valence electrons. The number of amidine groups is 2. The number of fused-ring (bicyclic) bond motifs is 7. The fourth-order valence-electron chi connectivity index (χ4n) is 7.00. The number of rotatable bonds is 3. The minimum Gasteiger partial charge on any atom is -0.383 e. The Morgan fingerprint density at radius 3 is 2.06 bits per heavy atom. The number of nitrogens with one attached hydrogen (secondary N) is 1. The van der Waals surface area contributed by atoms with E-state index >= 15 is 0 Å². The van der Waals surface area contributed by atoms with Crippen LogP contribution in [0.2, 0.25) is 0 Å². The summed E-state index contributed by atoms with van der Waals surface area (Å²) in [6.45, 7) is 2.03. The van der Waals surface area contributed by atoms with Gasteiger partial charge in [0.15, 0.2) is 5.84 Å². The van der Waals surface area contributed by atoms with Crippen molar-refractivity contribution < 1.29 is 0 Å². The minimum atomic E-state index is 0. The molecule has 0 radical (unpaired) electrons. The number of aromatic nitrogens is 2. The third-order valence-electron chi connectivity index (χ3n) is 9.34. The summed E-state index contributed by atoms with van der Waals surface area (Å²) in [4.78, 5) is 8.90. The lowest BCUT2D eigenvalue weighted by atomic mass is 9.93. The van der Waals surface area contributed by atoms with Crippen LogP contribution in [-0.4, -0.2) is 21.2 Å². The van der Waals surface area contributed by atoms with Crippen molar-refractivity contribution in [2.24, 2.45) is 10.7 Å². The Bertz CT molecular complexity index is 2580. The highest BCUT2D eigenvalue weighted by atomic mass is 15.0. The van der Waals surface area contributed by atoms with Gasteiger partial charge in [0.1, 0.15) is 5.84 Å². The van der Waals surface area contributed by atoms with Crippen LogP contribution in [0, 0.1) is 12.3 Å². The first-order chi connectivity index (χ1) is 24.1. The predicted molar refractivity (Wildman–Crippen MR) is 211 cm³/mol. The highest BCUT2D eigenvalue weighted by Gasteiger charge is 2.18. The lowest BCUT2D eigenvalue weighted by Crippen LogP contribution is -2.16. The molecule has 8 aromatic rings. The van der Waals surface area contributed by atoms with Gasteiger partial charge in [0.05, 0.1) is 22.9 Å². The summed E-state index contributed by atoms with van der Waals surface area (Å²) < 4.78 is 2.34. The van der Waals surface area contributed by atoms with Crippen LogP contribution in [0.3, 0.4) is 0 Å². The number of allylic oxidation sites excluding steroid dienone is 1. The fraction of sp³-hybridized carbons (Fsp3) is 0.0682. The molecule has 0 amide bonds. The third kappa shape index (κ3) is 5.82. The molecule has 2 heterocycles. The smallest absolute Gasteiger partial charge is 0.154 e. The maximum Gasteiger partial charge on any atom is 0.154 e. The van der Waals surface area contributed by atoms with E-state index in [1.807, 2.05) is 98.0 Å². The normalized spacial score (nSPS) is 12.4. The Balaban J connectivity index is 0.000000154. The highest BCUT2D eigenvalue weighted by molar-refractivity contribution is 6.18. The van der Waals surface area contributed by atoms with Crippen molar-refractivity contribution >= 4 is 61.1 Å². The van der Waals surface area contributed by atoms with Crippen LogP contribution >= 0.6 is 0 Å². The molecule has 6 heteroatoms. The molecule has 1 aliphatic rings. The average molecular weight is 651 g/mol. The summed E-state index contributed by atoms with van der Waals surface area (Å²) in [5.41, 5.74) is 15.4. The predicted octanol–water partition coefficient (Wildman–Crippen LogP) is 10.3. The highest BCUT2D eigenvalue weighted by Crippen LogP contribution is 2.37. The number of benzene rings is 6. The quantitative estimate of drug-likeness (QED) is 0.130. The molecular formula is C44H38N6. The molecule has 0 fully saturated rings. The Kier molecular flexibility index (Phi) is 8.77. The molecule has 0 unspecified atom stereocenters. The summed E-state index contributed by atoms with van der Waals surface area (Å²) in [6.07, 6.45) is 8.75. The van der Waals surface area contributed by atoms with E-state index in [1.54, 1.807) is 0 Å². The van der Waals surface area contributed by atoms with Crippen molar-refractivity contribution in [3.63, 3.8) is 0 Å². The second kappa shape index (κ2) is 13.6. The van der Waals surface area contributed by atoms with Gasteiger partial charge in [-0.1, -0.05) is 121 Å². The summed E-state index contributed by atoms with van der Waals surface area (Å²) in [6, 6.07) is 45.3. The molecule has 6 N–H and O–H groups in total. The molecule has 0 aliphatic heterocycles. The van der Waals surface area contributed by atoms with Crippen LogP contribution in [-0.2, 0) is 6.42 Å². The SMILES string of the molecule is Cc1ccc(-n2c3ccccc3c3c4c(ccc32)C=CCC4)cn1.N.N=C(N=C(N)c1cccc2ccccc12)c1cccc2ccccc12. The average Bonchev–Trinajstić information content (AvgIpc) is 3.50. The van der Waals surface area contributed by atoms with Crippen LogP contribution in [0.15, 0.2) is 151 Å². The van der Waals surface area contributed by atoms with Crippen LogP contribution in [0.4, 0.5) is 0 Å². The Labute approximate surface area is 291 Å². The van der Waals surface area contributed by atoms with Crippen molar-refractivity contribution in [1.82, 2.24) is 15.7 Å². The largest absolute Gasteiger partial charge is 0.383 e. The molecule has 6 aromatic carbocycles.